The molecule has 1 aromatic rings. The van der Waals surface area contributed by atoms with Crippen LogP contribution in [0.1, 0.15) is 6.42 Å². The Balaban J connectivity index is 3.02. The number of rotatable bonds is 4. The lowest BCUT2D eigenvalue weighted by atomic mass is 10.2. The normalized spacial score (nSPS) is 12.5. The fourth-order valence-electron chi connectivity index (χ4n) is 1.22. The average molecular weight is 302 g/mol. The minimum Gasteiger partial charge on any atom is -0.323 e. The number of carbonyl (C=O) groups is 1. The van der Waals surface area contributed by atoms with Crippen LogP contribution in [0.3, 0.4) is 0 Å². The molecular formula is C11H12ClN3O3S. The molecule has 0 heterocycles. The molecule has 0 saturated carbocycles. The summed E-state index contributed by atoms with van der Waals surface area (Å²) in [5.74, 6) is 1.69. The minimum atomic E-state index is -3.88. The molecule has 1 atom stereocenters. The molecule has 1 rings (SSSR count). The summed E-state index contributed by atoms with van der Waals surface area (Å²) in [5.41, 5.74) is 5.61. The lowest BCUT2D eigenvalue weighted by Crippen LogP contribution is -2.35. The number of amides is 1. The number of halogens is 1. The van der Waals surface area contributed by atoms with Crippen molar-refractivity contribution in [2.75, 3.05) is 5.32 Å². The Hall–Kier alpha value is -1.59. The molecule has 8 heteroatoms. The van der Waals surface area contributed by atoms with Crippen molar-refractivity contribution in [2.45, 2.75) is 17.4 Å². The first-order valence-corrected chi connectivity index (χ1v) is 7.00. The first kappa shape index (κ1) is 15.5. The standard InChI is InChI=1S/C11H12ClN3O3S/c1-2-3-9(13)11(16)15-10-6-7(19(14,17)18)4-5-8(10)12/h1,4-6,9H,3,13H2,(H,15,16)(H2,14,17,18). The molecule has 0 bridgehead atoms. The number of hydrogen-bond donors (Lipinski definition) is 3. The van der Waals surface area contributed by atoms with Crippen LogP contribution in [0.25, 0.3) is 0 Å². The zero-order chi connectivity index (χ0) is 14.6. The van der Waals surface area contributed by atoms with Crippen LogP contribution in [-0.2, 0) is 14.8 Å². The number of terminal acetylenes is 1. The predicted molar refractivity (Wildman–Crippen MR) is 72.9 cm³/mol. The van der Waals surface area contributed by atoms with Gasteiger partial charge in [-0.25, -0.2) is 13.6 Å². The van der Waals surface area contributed by atoms with Gasteiger partial charge in [0.2, 0.25) is 15.9 Å². The van der Waals surface area contributed by atoms with Gasteiger partial charge in [0.1, 0.15) is 0 Å². The van der Waals surface area contributed by atoms with E-state index in [2.05, 4.69) is 11.2 Å². The molecule has 102 valence electrons. The minimum absolute atomic E-state index is 0.0539. The van der Waals surface area contributed by atoms with Gasteiger partial charge in [0, 0.05) is 6.42 Å². The Bertz CT molecular complexity index is 637. The van der Waals surface area contributed by atoms with Crippen LogP contribution in [-0.4, -0.2) is 20.4 Å². The summed E-state index contributed by atoms with van der Waals surface area (Å²) in [6, 6.07) is 2.79. The fraction of sp³-hybridized carbons (Fsp3) is 0.182. The lowest BCUT2D eigenvalue weighted by Gasteiger charge is -2.11. The maximum absolute atomic E-state index is 11.6. The second-order valence-electron chi connectivity index (χ2n) is 3.69. The van der Waals surface area contributed by atoms with Crippen molar-refractivity contribution < 1.29 is 13.2 Å². The third-order valence-corrected chi connectivity index (χ3v) is 3.44. The van der Waals surface area contributed by atoms with E-state index < -0.39 is 22.0 Å². The van der Waals surface area contributed by atoms with Crippen LogP contribution in [0, 0.1) is 12.3 Å². The number of carbonyl (C=O) groups excluding carboxylic acids is 1. The summed E-state index contributed by atoms with van der Waals surface area (Å²) in [6.07, 6.45) is 5.09. The average Bonchev–Trinajstić information content (AvgIpc) is 2.30. The monoisotopic (exact) mass is 301 g/mol. The van der Waals surface area contributed by atoms with E-state index in [1.807, 2.05) is 0 Å². The van der Waals surface area contributed by atoms with E-state index in [4.69, 9.17) is 28.9 Å². The number of anilines is 1. The summed E-state index contributed by atoms with van der Waals surface area (Å²) >= 11 is 5.84. The van der Waals surface area contributed by atoms with Crippen molar-refractivity contribution in [1.82, 2.24) is 0 Å². The van der Waals surface area contributed by atoms with Gasteiger partial charge in [-0.3, -0.25) is 4.79 Å². The molecule has 0 aliphatic carbocycles. The van der Waals surface area contributed by atoms with Gasteiger partial charge in [-0.05, 0) is 18.2 Å². The Labute approximate surface area is 116 Å². The van der Waals surface area contributed by atoms with E-state index in [0.29, 0.717) is 0 Å². The highest BCUT2D eigenvalue weighted by atomic mass is 35.5. The second-order valence-corrected chi connectivity index (χ2v) is 5.66. The number of benzene rings is 1. The molecule has 0 saturated heterocycles. The molecule has 1 aromatic carbocycles. The topological polar surface area (TPSA) is 115 Å². The van der Waals surface area contributed by atoms with Crippen LogP contribution in [0.15, 0.2) is 23.1 Å². The Morgan fingerprint density at radius 2 is 2.16 bits per heavy atom. The van der Waals surface area contributed by atoms with Gasteiger partial charge >= 0.3 is 0 Å². The Morgan fingerprint density at radius 3 is 2.68 bits per heavy atom. The molecule has 1 unspecified atom stereocenters. The number of nitrogens with one attached hydrogen (secondary N) is 1. The predicted octanol–water partition coefficient (Wildman–Crippen LogP) is 0.277. The van der Waals surface area contributed by atoms with E-state index in [-0.39, 0.29) is 22.0 Å². The van der Waals surface area contributed by atoms with Crippen LogP contribution in [0.2, 0.25) is 5.02 Å². The van der Waals surface area contributed by atoms with Gasteiger partial charge in [-0.2, -0.15) is 0 Å². The molecule has 5 N–H and O–H groups in total. The van der Waals surface area contributed by atoms with Gasteiger partial charge in [0.05, 0.1) is 21.6 Å². The number of nitrogens with two attached hydrogens (primary N) is 2. The van der Waals surface area contributed by atoms with E-state index >= 15 is 0 Å². The largest absolute Gasteiger partial charge is 0.323 e. The van der Waals surface area contributed by atoms with Crippen molar-refractivity contribution in [3.8, 4) is 12.3 Å². The highest BCUT2D eigenvalue weighted by Gasteiger charge is 2.16. The Morgan fingerprint density at radius 1 is 1.53 bits per heavy atom. The summed E-state index contributed by atoms with van der Waals surface area (Å²) in [6.45, 7) is 0. The van der Waals surface area contributed by atoms with Gasteiger partial charge in [0.25, 0.3) is 0 Å². The van der Waals surface area contributed by atoms with Crippen molar-refractivity contribution in [2.24, 2.45) is 10.9 Å². The molecule has 0 aliphatic heterocycles. The van der Waals surface area contributed by atoms with Gasteiger partial charge in [-0.1, -0.05) is 11.6 Å². The molecular weight excluding hydrogens is 290 g/mol. The summed E-state index contributed by atoms with van der Waals surface area (Å²) < 4.78 is 22.4. The summed E-state index contributed by atoms with van der Waals surface area (Å²) in [5, 5.41) is 7.54. The van der Waals surface area contributed by atoms with Gasteiger partial charge in [-0.15, -0.1) is 12.3 Å². The van der Waals surface area contributed by atoms with E-state index in [9.17, 15) is 13.2 Å². The SMILES string of the molecule is C#CCC(N)C(=O)Nc1cc(S(N)(=O)=O)ccc1Cl. The molecule has 0 fully saturated rings. The van der Waals surface area contributed by atoms with E-state index in [1.165, 1.54) is 12.1 Å². The van der Waals surface area contributed by atoms with E-state index in [0.717, 1.165) is 6.07 Å². The highest BCUT2D eigenvalue weighted by Crippen LogP contribution is 2.24. The molecule has 0 aromatic heterocycles. The van der Waals surface area contributed by atoms with Crippen LogP contribution >= 0.6 is 11.6 Å². The molecule has 0 spiro atoms. The van der Waals surface area contributed by atoms with Crippen LogP contribution < -0.4 is 16.2 Å². The molecule has 19 heavy (non-hydrogen) atoms. The molecule has 1 amide bonds. The maximum Gasteiger partial charge on any atom is 0.242 e. The third-order valence-electron chi connectivity index (χ3n) is 2.20. The van der Waals surface area contributed by atoms with Gasteiger partial charge < -0.3 is 11.1 Å². The smallest absolute Gasteiger partial charge is 0.242 e. The van der Waals surface area contributed by atoms with E-state index in [1.54, 1.807) is 0 Å². The van der Waals surface area contributed by atoms with Gasteiger partial charge in [0.15, 0.2) is 0 Å². The lowest BCUT2D eigenvalue weighted by molar-refractivity contribution is -0.117. The second kappa shape index (κ2) is 6.04. The molecule has 0 aliphatic rings. The summed E-state index contributed by atoms with van der Waals surface area (Å²) in [7, 11) is -3.88. The maximum atomic E-state index is 11.6. The van der Waals surface area contributed by atoms with Crippen LogP contribution in [0.5, 0.6) is 0 Å². The Kier molecular flexibility index (Phi) is 4.91. The summed E-state index contributed by atoms with van der Waals surface area (Å²) in [4.78, 5) is 11.5. The highest BCUT2D eigenvalue weighted by molar-refractivity contribution is 7.89. The quantitative estimate of drug-likeness (QED) is 0.693. The zero-order valence-electron chi connectivity index (χ0n) is 9.76. The van der Waals surface area contributed by atoms with Crippen molar-refractivity contribution >= 4 is 33.2 Å². The third kappa shape index (κ3) is 4.22. The fourth-order valence-corrected chi connectivity index (χ4v) is 1.93. The van der Waals surface area contributed by atoms with Crippen LogP contribution in [0.4, 0.5) is 5.69 Å². The zero-order valence-corrected chi connectivity index (χ0v) is 11.3. The first-order chi connectivity index (χ1) is 8.75. The number of hydrogen-bond acceptors (Lipinski definition) is 4. The molecule has 6 nitrogen and oxygen atoms in total. The number of sulfonamides is 1. The first-order valence-electron chi connectivity index (χ1n) is 5.08. The number of primary sulfonamides is 1. The van der Waals surface area contributed by atoms with Crippen molar-refractivity contribution in [3.05, 3.63) is 23.2 Å². The van der Waals surface area contributed by atoms with Crippen molar-refractivity contribution in [1.29, 1.82) is 0 Å². The van der Waals surface area contributed by atoms with Crippen molar-refractivity contribution in [3.63, 3.8) is 0 Å². The molecule has 0 radical (unpaired) electrons.